The highest BCUT2D eigenvalue weighted by atomic mass is 16.5. The van der Waals surface area contributed by atoms with Crippen LogP contribution in [0, 0.1) is 0 Å². The van der Waals surface area contributed by atoms with Gasteiger partial charge in [0.05, 0.1) is 24.1 Å². The molecule has 0 spiro atoms. The molecule has 0 radical (unpaired) electrons. The maximum Gasteiger partial charge on any atom is 0.296 e. The van der Waals surface area contributed by atoms with E-state index in [9.17, 15) is 9.59 Å². The number of nitrogens with zero attached hydrogens (tertiary/aromatic N) is 2. The Kier molecular flexibility index (Phi) is 5.65. The molecule has 6 rings (SSSR count). The first-order valence-corrected chi connectivity index (χ1v) is 11.8. The highest BCUT2D eigenvalue weighted by molar-refractivity contribution is 6.10. The Morgan fingerprint density at radius 3 is 2.46 bits per heavy atom. The smallest absolute Gasteiger partial charge is 0.296 e. The van der Waals surface area contributed by atoms with Crippen molar-refractivity contribution in [3.8, 4) is 11.5 Å². The van der Waals surface area contributed by atoms with Crippen molar-refractivity contribution in [1.29, 1.82) is 0 Å². The molecule has 182 valence electrons. The fraction of sp³-hybridized carbons (Fsp3) is 0.100. The SMILES string of the molecule is COc1cc([C@H]2c3c(oc4ccccc4c3=O)C(=O)N2c2ccccn2)ccc1OCc1ccccc1. The quantitative estimate of drug-likeness (QED) is 0.312. The summed E-state index contributed by atoms with van der Waals surface area (Å²) in [6.07, 6.45) is 1.61. The van der Waals surface area contributed by atoms with Crippen molar-refractivity contribution >= 4 is 22.7 Å². The minimum Gasteiger partial charge on any atom is -0.493 e. The van der Waals surface area contributed by atoms with Crippen LogP contribution in [-0.4, -0.2) is 18.0 Å². The lowest BCUT2D eigenvalue weighted by Gasteiger charge is -2.25. The van der Waals surface area contributed by atoms with Crippen molar-refractivity contribution in [2.75, 3.05) is 12.0 Å². The first-order chi connectivity index (χ1) is 18.2. The molecular formula is C30H22N2O5. The van der Waals surface area contributed by atoms with E-state index < -0.39 is 11.9 Å². The number of methoxy groups -OCH3 is 1. The average molecular weight is 491 g/mol. The molecule has 1 amide bonds. The van der Waals surface area contributed by atoms with E-state index in [1.165, 1.54) is 4.90 Å². The Bertz CT molecular complexity index is 1660. The molecule has 1 atom stereocenters. The van der Waals surface area contributed by atoms with Crippen molar-refractivity contribution in [3.05, 3.63) is 130 Å². The summed E-state index contributed by atoms with van der Waals surface area (Å²) in [5, 5.41) is 0.414. The van der Waals surface area contributed by atoms with Gasteiger partial charge in [0, 0.05) is 6.20 Å². The summed E-state index contributed by atoms with van der Waals surface area (Å²) >= 11 is 0. The molecule has 0 saturated heterocycles. The summed E-state index contributed by atoms with van der Waals surface area (Å²) in [5.74, 6) is 1.04. The number of para-hydroxylation sites is 1. The van der Waals surface area contributed by atoms with Crippen LogP contribution in [0.15, 0.2) is 106 Å². The molecule has 0 bridgehead atoms. The molecule has 37 heavy (non-hydrogen) atoms. The molecule has 2 aromatic heterocycles. The zero-order valence-electron chi connectivity index (χ0n) is 20.0. The Labute approximate surface area is 212 Å². The van der Waals surface area contributed by atoms with E-state index in [1.807, 2.05) is 36.4 Å². The van der Waals surface area contributed by atoms with Crippen LogP contribution < -0.4 is 19.8 Å². The van der Waals surface area contributed by atoms with E-state index in [4.69, 9.17) is 13.9 Å². The molecule has 0 saturated carbocycles. The van der Waals surface area contributed by atoms with Gasteiger partial charge in [-0.1, -0.05) is 54.6 Å². The van der Waals surface area contributed by atoms with Gasteiger partial charge in [0.2, 0.25) is 5.76 Å². The number of anilines is 1. The highest BCUT2D eigenvalue weighted by Gasteiger charge is 2.44. The van der Waals surface area contributed by atoms with Crippen molar-refractivity contribution in [2.45, 2.75) is 12.6 Å². The number of ether oxygens (including phenoxy) is 2. The second-order valence-electron chi connectivity index (χ2n) is 8.62. The number of hydrogen-bond acceptors (Lipinski definition) is 6. The van der Waals surface area contributed by atoms with Gasteiger partial charge >= 0.3 is 0 Å². The molecular weight excluding hydrogens is 468 g/mol. The zero-order chi connectivity index (χ0) is 25.4. The molecule has 5 aromatic rings. The summed E-state index contributed by atoms with van der Waals surface area (Å²) in [4.78, 5) is 33.2. The van der Waals surface area contributed by atoms with Gasteiger partial charge in [0.25, 0.3) is 5.91 Å². The number of aromatic nitrogens is 1. The highest BCUT2D eigenvalue weighted by Crippen LogP contribution is 2.42. The van der Waals surface area contributed by atoms with Gasteiger partial charge in [-0.25, -0.2) is 4.98 Å². The van der Waals surface area contributed by atoms with Gasteiger partial charge in [-0.05, 0) is 47.5 Å². The molecule has 1 aliphatic rings. The fourth-order valence-electron chi connectivity index (χ4n) is 4.68. The Morgan fingerprint density at radius 2 is 1.68 bits per heavy atom. The second-order valence-corrected chi connectivity index (χ2v) is 8.62. The minimum absolute atomic E-state index is 0.0164. The molecule has 1 aliphatic heterocycles. The van der Waals surface area contributed by atoms with Crippen LogP contribution in [-0.2, 0) is 6.61 Å². The lowest BCUT2D eigenvalue weighted by molar-refractivity contribution is 0.0970. The number of amides is 1. The van der Waals surface area contributed by atoms with Gasteiger partial charge in [-0.15, -0.1) is 0 Å². The van der Waals surface area contributed by atoms with E-state index in [0.29, 0.717) is 40.5 Å². The number of benzene rings is 3. The monoisotopic (exact) mass is 490 g/mol. The maximum atomic E-state index is 13.7. The van der Waals surface area contributed by atoms with Gasteiger partial charge in [0.1, 0.15) is 18.0 Å². The standard InChI is InChI=1S/C30H22N2O5/c1-35-24-17-20(14-15-23(24)36-18-19-9-3-2-4-10-19)27-26-28(33)21-11-5-6-12-22(21)37-29(26)30(34)32(27)25-13-7-8-16-31-25/h2-17,27H,18H2,1H3/t27-/m0/s1. The van der Waals surface area contributed by atoms with E-state index in [-0.39, 0.29) is 16.8 Å². The van der Waals surface area contributed by atoms with E-state index in [0.717, 1.165) is 5.56 Å². The molecule has 7 nitrogen and oxygen atoms in total. The first-order valence-electron chi connectivity index (χ1n) is 11.8. The fourth-order valence-corrected chi connectivity index (χ4v) is 4.68. The Balaban J connectivity index is 1.48. The lowest BCUT2D eigenvalue weighted by Crippen LogP contribution is -2.30. The number of hydrogen-bond donors (Lipinski definition) is 0. The second kappa shape index (κ2) is 9.28. The number of carbonyl (C=O) groups is 1. The topological polar surface area (TPSA) is 81.9 Å². The Morgan fingerprint density at radius 1 is 0.892 bits per heavy atom. The molecule has 0 aliphatic carbocycles. The average Bonchev–Trinajstić information content (AvgIpc) is 3.25. The van der Waals surface area contributed by atoms with Crippen LogP contribution in [0.2, 0.25) is 0 Å². The van der Waals surface area contributed by atoms with Crippen molar-refractivity contribution in [3.63, 3.8) is 0 Å². The molecule has 0 unspecified atom stereocenters. The molecule has 3 aromatic carbocycles. The van der Waals surface area contributed by atoms with Crippen LogP contribution >= 0.6 is 0 Å². The first kappa shape index (κ1) is 22.5. The summed E-state index contributed by atoms with van der Waals surface area (Å²) in [7, 11) is 1.56. The molecule has 0 N–H and O–H groups in total. The van der Waals surface area contributed by atoms with Crippen molar-refractivity contribution in [2.24, 2.45) is 0 Å². The van der Waals surface area contributed by atoms with Crippen molar-refractivity contribution < 1.29 is 18.7 Å². The van der Waals surface area contributed by atoms with Crippen LogP contribution in [0.1, 0.15) is 33.3 Å². The van der Waals surface area contributed by atoms with Crippen LogP contribution in [0.25, 0.3) is 11.0 Å². The Hall–Kier alpha value is -4.91. The minimum atomic E-state index is -0.754. The lowest BCUT2D eigenvalue weighted by atomic mass is 9.98. The number of fused-ring (bicyclic) bond motifs is 2. The van der Waals surface area contributed by atoms with E-state index in [2.05, 4.69) is 4.98 Å². The largest absolute Gasteiger partial charge is 0.493 e. The number of carbonyl (C=O) groups excluding carboxylic acids is 1. The normalized spacial score (nSPS) is 14.6. The molecule has 0 fully saturated rings. The summed E-state index contributed by atoms with van der Waals surface area (Å²) in [6, 6.07) is 26.7. The zero-order valence-corrected chi connectivity index (χ0v) is 20.0. The summed E-state index contributed by atoms with van der Waals surface area (Å²) < 4.78 is 17.7. The summed E-state index contributed by atoms with van der Waals surface area (Å²) in [5.41, 5.74) is 2.08. The third kappa shape index (κ3) is 3.90. The summed E-state index contributed by atoms with van der Waals surface area (Å²) in [6.45, 7) is 0.372. The van der Waals surface area contributed by atoms with Crippen LogP contribution in [0.5, 0.6) is 11.5 Å². The predicted octanol–water partition coefficient (Wildman–Crippen LogP) is 5.53. The van der Waals surface area contributed by atoms with Crippen LogP contribution in [0.4, 0.5) is 5.82 Å². The van der Waals surface area contributed by atoms with Crippen molar-refractivity contribution in [1.82, 2.24) is 4.98 Å². The van der Waals surface area contributed by atoms with Gasteiger partial charge in [-0.3, -0.25) is 14.5 Å². The third-order valence-corrected chi connectivity index (χ3v) is 6.41. The van der Waals surface area contributed by atoms with Gasteiger partial charge < -0.3 is 13.9 Å². The van der Waals surface area contributed by atoms with Crippen LogP contribution in [0.3, 0.4) is 0 Å². The predicted molar refractivity (Wildman–Crippen MR) is 139 cm³/mol. The van der Waals surface area contributed by atoms with Gasteiger partial charge in [-0.2, -0.15) is 0 Å². The number of pyridine rings is 1. The molecule has 3 heterocycles. The van der Waals surface area contributed by atoms with E-state index in [1.54, 1.807) is 67.9 Å². The molecule has 7 heteroatoms. The van der Waals surface area contributed by atoms with E-state index >= 15 is 0 Å². The third-order valence-electron chi connectivity index (χ3n) is 6.41. The maximum absolute atomic E-state index is 13.7. The van der Waals surface area contributed by atoms with Gasteiger partial charge in [0.15, 0.2) is 16.9 Å². The number of rotatable bonds is 6.